The first-order valence-electron chi connectivity index (χ1n) is 7.65. The Morgan fingerprint density at radius 1 is 0.840 bits per heavy atom. The summed E-state index contributed by atoms with van der Waals surface area (Å²) in [5, 5.41) is 0.903. The van der Waals surface area contributed by atoms with Crippen molar-refractivity contribution in [3.05, 3.63) is 71.4 Å². The molecule has 3 nitrogen and oxygen atoms in total. The molecule has 0 saturated carbocycles. The molecule has 1 aromatic heterocycles. The number of Topliss-reactive ketones (excluding diaryl/α,β-unsaturated/α-hetero) is 2. The summed E-state index contributed by atoms with van der Waals surface area (Å²) in [7, 11) is 0. The summed E-state index contributed by atoms with van der Waals surface area (Å²) in [5.74, 6) is -0.534. The van der Waals surface area contributed by atoms with Crippen molar-refractivity contribution in [2.45, 2.75) is 19.0 Å². The van der Waals surface area contributed by atoms with Crippen molar-refractivity contribution in [2.24, 2.45) is 0 Å². The van der Waals surface area contributed by atoms with Gasteiger partial charge in [-0.05, 0) is 36.4 Å². The molecule has 2 aromatic carbocycles. The van der Waals surface area contributed by atoms with Crippen molar-refractivity contribution in [1.82, 2.24) is 4.98 Å². The quantitative estimate of drug-likeness (QED) is 0.659. The zero-order valence-corrected chi connectivity index (χ0v) is 13.1. The smallest absolute Gasteiger partial charge is 0.361 e. The number of halogens is 3. The van der Waals surface area contributed by atoms with Gasteiger partial charge in [-0.2, -0.15) is 13.2 Å². The van der Waals surface area contributed by atoms with Crippen molar-refractivity contribution >= 4 is 22.5 Å². The summed E-state index contributed by atoms with van der Waals surface area (Å²) in [4.78, 5) is 27.3. The number of carbonyl (C=O) groups is 2. The standard InChI is InChI=1S/C19H14F3NO2/c20-19(21,22)15-4-1-12(2-5-15)17(24)7-8-18(25)14-3-6-16-13(11-14)9-10-23-16/h1-6,9-11,23H,7-8H2. The number of H-pyrrole nitrogens is 1. The fourth-order valence-electron chi connectivity index (χ4n) is 2.59. The van der Waals surface area contributed by atoms with Gasteiger partial charge < -0.3 is 4.98 Å². The number of aromatic nitrogens is 1. The first kappa shape index (κ1) is 17.0. The summed E-state index contributed by atoms with van der Waals surface area (Å²) >= 11 is 0. The SMILES string of the molecule is O=C(CCC(=O)c1ccc2[nH]ccc2c1)c1ccc(C(F)(F)F)cc1. The molecule has 0 saturated heterocycles. The van der Waals surface area contributed by atoms with E-state index in [1.165, 1.54) is 0 Å². The van der Waals surface area contributed by atoms with Gasteiger partial charge in [0.15, 0.2) is 11.6 Å². The molecule has 0 aliphatic carbocycles. The number of nitrogens with one attached hydrogen (secondary N) is 1. The summed E-state index contributed by atoms with van der Waals surface area (Å²) in [5.41, 5.74) is 0.784. The predicted octanol–water partition coefficient (Wildman–Crippen LogP) is 5.03. The maximum Gasteiger partial charge on any atom is 0.416 e. The molecule has 0 radical (unpaired) electrons. The van der Waals surface area contributed by atoms with Crippen LogP contribution in [0.2, 0.25) is 0 Å². The molecule has 6 heteroatoms. The highest BCUT2D eigenvalue weighted by atomic mass is 19.4. The molecule has 0 bridgehead atoms. The number of ketones is 2. The Morgan fingerprint density at radius 2 is 1.44 bits per heavy atom. The van der Waals surface area contributed by atoms with Gasteiger partial charge in [0.05, 0.1) is 5.56 Å². The Labute approximate surface area is 141 Å². The van der Waals surface area contributed by atoms with Gasteiger partial charge in [-0.15, -0.1) is 0 Å². The molecule has 0 aliphatic rings. The second-order valence-electron chi connectivity index (χ2n) is 5.70. The minimum atomic E-state index is -4.44. The lowest BCUT2D eigenvalue weighted by atomic mass is 10.00. The van der Waals surface area contributed by atoms with Crippen LogP contribution in [0, 0.1) is 0 Å². The molecule has 128 valence electrons. The van der Waals surface area contributed by atoms with Crippen LogP contribution >= 0.6 is 0 Å². The van der Waals surface area contributed by atoms with Crippen LogP contribution in [0.5, 0.6) is 0 Å². The molecule has 0 spiro atoms. The van der Waals surface area contributed by atoms with Crippen LogP contribution in [0.25, 0.3) is 10.9 Å². The zero-order valence-electron chi connectivity index (χ0n) is 13.1. The monoisotopic (exact) mass is 345 g/mol. The fourth-order valence-corrected chi connectivity index (χ4v) is 2.59. The Morgan fingerprint density at radius 3 is 2.08 bits per heavy atom. The van der Waals surface area contributed by atoms with Crippen LogP contribution in [0.15, 0.2) is 54.7 Å². The molecular formula is C19H14F3NO2. The highest BCUT2D eigenvalue weighted by Gasteiger charge is 2.30. The lowest BCUT2D eigenvalue weighted by molar-refractivity contribution is -0.137. The molecule has 0 atom stereocenters. The van der Waals surface area contributed by atoms with Gasteiger partial charge in [0.25, 0.3) is 0 Å². The minimum absolute atomic E-state index is 0.00971. The number of carbonyl (C=O) groups excluding carboxylic acids is 2. The number of hydrogen-bond donors (Lipinski definition) is 1. The van der Waals surface area contributed by atoms with Crippen LogP contribution in [0.3, 0.4) is 0 Å². The van der Waals surface area contributed by atoms with E-state index >= 15 is 0 Å². The zero-order chi connectivity index (χ0) is 18.0. The van der Waals surface area contributed by atoms with Crippen LogP contribution in [0.4, 0.5) is 13.2 Å². The van der Waals surface area contributed by atoms with E-state index in [4.69, 9.17) is 0 Å². The third-order valence-corrected chi connectivity index (χ3v) is 3.99. The number of fused-ring (bicyclic) bond motifs is 1. The van der Waals surface area contributed by atoms with Gasteiger partial charge in [0.1, 0.15) is 0 Å². The predicted molar refractivity (Wildman–Crippen MR) is 87.6 cm³/mol. The summed E-state index contributed by atoms with van der Waals surface area (Å²) in [6, 6.07) is 11.1. The van der Waals surface area contributed by atoms with E-state index < -0.39 is 11.7 Å². The first-order valence-corrected chi connectivity index (χ1v) is 7.65. The summed E-state index contributed by atoms with van der Waals surface area (Å²) in [6.07, 6.45) is -2.70. The number of aromatic amines is 1. The van der Waals surface area contributed by atoms with Crippen molar-refractivity contribution in [3.8, 4) is 0 Å². The van der Waals surface area contributed by atoms with Gasteiger partial charge >= 0.3 is 6.18 Å². The fraction of sp³-hybridized carbons (Fsp3) is 0.158. The molecule has 1 heterocycles. The Balaban J connectivity index is 1.64. The van der Waals surface area contributed by atoms with Gasteiger partial charge in [-0.1, -0.05) is 12.1 Å². The van der Waals surface area contributed by atoms with E-state index in [9.17, 15) is 22.8 Å². The van der Waals surface area contributed by atoms with E-state index in [0.29, 0.717) is 5.56 Å². The highest BCUT2D eigenvalue weighted by molar-refractivity contribution is 6.03. The van der Waals surface area contributed by atoms with Crippen LogP contribution in [0.1, 0.15) is 39.1 Å². The van der Waals surface area contributed by atoms with E-state index in [1.54, 1.807) is 24.4 Å². The van der Waals surface area contributed by atoms with Gasteiger partial charge in [-0.25, -0.2) is 0 Å². The average Bonchev–Trinajstić information content (AvgIpc) is 3.06. The molecule has 3 rings (SSSR count). The molecule has 25 heavy (non-hydrogen) atoms. The van der Waals surface area contributed by atoms with Crippen molar-refractivity contribution in [2.75, 3.05) is 0 Å². The topological polar surface area (TPSA) is 49.9 Å². The van der Waals surface area contributed by atoms with E-state index in [2.05, 4.69) is 4.98 Å². The number of benzene rings is 2. The largest absolute Gasteiger partial charge is 0.416 e. The number of alkyl halides is 3. The van der Waals surface area contributed by atoms with Crippen molar-refractivity contribution < 1.29 is 22.8 Å². The lowest BCUT2D eigenvalue weighted by Crippen LogP contribution is -2.07. The van der Waals surface area contributed by atoms with Crippen LogP contribution < -0.4 is 0 Å². The maximum absolute atomic E-state index is 12.5. The second kappa shape index (κ2) is 6.55. The van der Waals surface area contributed by atoms with E-state index in [1.807, 2.05) is 6.07 Å². The Hall–Kier alpha value is -2.89. The van der Waals surface area contributed by atoms with E-state index in [0.717, 1.165) is 35.2 Å². The third-order valence-electron chi connectivity index (χ3n) is 3.99. The lowest BCUT2D eigenvalue weighted by Gasteiger charge is -2.07. The van der Waals surface area contributed by atoms with Crippen molar-refractivity contribution in [1.29, 1.82) is 0 Å². The molecular weight excluding hydrogens is 331 g/mol. The molecule has 0 aliphatic heterocycles. The van der Waals surface area contributed by atoms with Gasteiger partial charge in [0, 0.05) is 41.1 Å². The average molecular weight is 345 g/mol. The van der Waals surface area contributed by atoms with Gasteiger partial charge in [0.2, 0.25) is 0 Å². The Kier molecular flexibility index (Phi) is 4.44. The number of hydrogen-bond acceptors (Lipinski definition) is 2. The molecule has 3 aromatic rings. The van der Waals surface area contributed by atoms with Crippen LogP contribution in [-0.4, -0.2) is 16.6 Å². The van der Waals surface area contributed by atoms with Crippen LogP contribution in [-0.2, 0) is 6.18 Å². The normalized spacial score (nSPS) is 11.6. The van der Waals surface area contributed by atoms with Crippen molar-refractivity contribution in [3.63, 3.8) is 0 Å². The molecule has 0 amide bonds. The second-order valence-corrected chi connectivity index (χ2v) is 5.70. The first-order chi connectivity index (χ1) is 11.8. The molecule has 1 N–H and O–H groups in total. The molecule has 0 unspecified atom stereocenters. The summed E-state index contributed by atoms with van der Waals surface area (Å²) in [6.45, 7) is 0. The summed E-state index contributed by atoms with van der Waals surface area (Å²) < 4.78 is 37.6. The Bertz CT molecular complexity index is 924. The number of rotatable bonds is 5. The van der Waals surface area contributed by atoms with Gasteiger partial charge in [-0.3, -0.25) is 9.59 Å². The third kappa shape index (κ3) is 3.79. The maximum atomic E-state index is 12.5. The highest BCUT2D eigenvalue weighted by Crippen LogP contribution is 2.29. The van der Waals surface area contributed by atoms with E-state index in [-0.39, 0.29) is 30.0 Å². The molecule has 0 fully saturated rings. The minimum Gasteiger partial charge on any atom is -0.361 e.